The summed E-state index contributed by atoms with van der Waals surface area (Å²) in [6, 6.07) is 4.79. The number of allylic oxidation sites excluding steroid dienone is 1. The van der Waals surface area contributed by atoms with Gasteiger partial charge >= 0.3 is 0 Å². The van der Waals surface area contributed by atoms with Crippen LogP contribution in [0.25, 0.3) is 0 Å². The largest absolute Gasteiger partial charge is 0.368 e. The smallest absolute Gasteiger partial charge is 0.0989 e. The number of halogens is 1. The molecule has 3 aliphatic rings. The van der Waals surface area contributed by atoms with Gasteiger partial charge in [-0.05, 0) is 43.5 Å². The summed E-state index contributed by atoms with van der Waals surface area (Å²) < 4.78 is 9.17. The predicted molar refractivity (Wildman–Crippen MR) is 146 cm³/mol. The van der Waals surface area contributed by atoms with Crippen LogP contribution in [0.5, 0.6) is 0 Å². The van der Waals surface area contributed by atoms with Crippen molar-refractivity contribution in [1.82, 2.24) is 13.0 Å². The zero-order valence-electron chi connectivity index (χ0n) is 20.8. The van der Waals surface area contributed by atoms with Gasteiger partial charge in [0.1, 0.15) is 0 Å². The van der Waals surface area contributed by atoms with Gasteiger partial charge in [-0.25, -0.2) is 3.11 Å². The van der Waals surface area contributed by atoms with Crippen LogP contribution >= 0.6 is 22.9 Å². The number of aliphatic imine (C=N–C) groups is 1. The number of ether oxygens (including phenoxy) is 1. The van der Waals surface area contributed by atoms with E-state index in [1.165, 1.54) is 17.1 Å². The minimum Gasteiger partial charge on any atom is -0.368 e. The molecular formula is C26H40IN5O. The lowest BCUT2D eigenvalue weighted by atomic mass is 9.89. The lowest BCUT2D eigenvalue weighted by Crippen LogP contribution is -2.45. The quantitative estimate of drug-likeness (QED) is 0.375. The highest BCUT2D eigenvalue weighted by Crippen LogP contribution is 2.34. The maximum atomic E-state index is 6.80. The molecule has 0 aliphatic carbocycles. The van der Waals surface area contributed by atoms with Crippen molar-refractivity contribution in [3.8, 4) is 0 Å². The molecule has 0 radical (unpaired) electrons. The number of piperazine rings is 1. The number of likely N-dealkylation sites (N-methyl/N-ethyl adjacent to an activating group) is 1. The first-order chi connectivity index (χ1) is 15.8. The molecule has 4 atom stereocenters. The zero-order valence-corrected chi connectivity index (χ0v) is 23.0. The summed E-state index contributed by atoms with van der Waals surface area (Å²) >= 11 is 2.43. The molecule has 2 saturated heterocycles. The van der Waals surface area contributed by atoms with Gasteiger partial charge in [0.15, 0.2) is 0 Å². The molecule has 2 fully saturated rings. The zero-order chi connectivity index (χ0) is 23.5. The van der Waals surface area contributed by atoms with Crippen molar-refractivity contribution in [3.05, 3.63) is 35.7 Å². The molecule has 4 unspecified atom stereocenters. The highest BCUT2D eigenvalue weighted by Gasteiger charge is 2.35. The van der Waals surface area contributed by atoms with Crippen LogP contribution in [-0.2, 0) is 4.74 Å². The number of rotatable bonds is 6. The molecule has 7 heteroatoms. The monoisotopic (exact) mass is 565 g/mol. The van der Waals surface area contributed by atoms with Crippen LogP contribution in [0, 0.1) is 5.92 Å². The van der Waals surface area contributed by atoms with Crippen molar-refractivity contribution in [3.63, 3.8) is 0 Å². The molecule has 182 valence electrons. The number of anilines is 1. The minimum atomic E-state index is 0.0410. The third kappa shape index (κ3) is 5.97. The molecule has 1 aromatic heterocycles. The summed E-state index contributed by atoms with van der Waals surface area (Å²) in [5.74, 6) is 1.11. The van der Waals surface area contributed by atoms with Crippen LogP contribution in [0.15, 0.2) is 29.3 Å². The maximum Gasteiger partial charge on any atom is 0.0989 e. The third-order valence-electron chi connectivity index (χ3n) is 7.17. The highest BCUT2D eigenvalue weighted by atomic mass is 127. The predicted octanol–water partition coefficient (Wildman–Crippen LogP) is 4.52. The van der Waals surface area contributed by atoms with Crippen molar-refractivity contribution < 1.29 is 4.74 Å². The molecule has 33 heavy (non-hydrogen) atoms. The van der Waals surface area contributed by atoms with Gasteiger partial charge in [0.2, 0.25) is 0 Å². The average molecular weight is 566 g/mol. The van der Waals surface area contributed by atoms with E-state index in [9.17, 15) is 0 Å². The first-order valence-electron chi connectivity index (χ1n) is 12.5. The fourth-order valence-corrected chi connectivity index (χ4v) is 5.66. The Bertz CT molecular complexity index is 849. The molecule has 0 amide bonds. The fraction of sp³-hybridized carbons (Fsp3) is 0.692. The SMILES string of the molecule is CC(C)c1nc(C2CN(C)CCC2OC2C=CC=NC2C(C)C)ccc1N1CCN(I)CC1. The van der Waals surface area contributed by atoms with Crippen molar-refractivity contribution in [2.75, 3.05) is 51.2 Å². The van der Waals surface area contributed by atoms with E-state index >= 15 is 0 Å². The number of dihydropyridines is 1. The summed E-state index contributed by atoms with van der Waals surface area (Å²) in [4.78, 5) is 15.0. The number of hydrogen-bond donors (Lipinski definition) is 0. The Kier molecular flexibility index (Phi) is 8.46. The van der Waals surface area contributed by atoms with Gasteiger partial charge in [0.05, 0.1) is 29.6 Å². The highest BCUT2D eigenvalue weighted by molar-refractivity contribution is 14.1. The van der Waals surface area contributed by atoms with Crippen molar-refractivity contribution in [2.24, 2.45) is 10.9 Å². The molecule has 1 aromatic rings. The second-order valence-electron chi connectivity index (χ2n) is 10.4. The molecular weight excluding hydrogens is 525 g/mol. The molecule has 0 bridgehead atoms. The van der Waals surface area contributed by atoms with Gasteiger partial charge in [-0.3, -0.25) is 9.98 Å². The fourth-order valence-electron chi connectivity index (χ4n) is 5.23. The van der Waals surface area contributed by atoms with Crippen molar-refractivity contribution in [1.29, 1.82) is 0 Å². The number of piperidine rings is 1. The van der Waals surface area contributed by atoms with Gasteiger partial charge in [0.25, 0.3) is 0 Å². The minimum absolute atomic E-state index is 0.0410. The first kappa shape index (κ1) is 25.1. The van der Waals surface area contributed by atoms with Crippen LogP contribution in [-0.4, -0.2) is 83.8 Å². The van der Waals surface area contributed by atoms with E-state index < -0.39 is 0 Å². The van der Waals surface area contributed by atoms with Crippen LogP contribution < -0.4 is 4.90 Å². The molecule has 0 aromatic carbocycles. The van der Waals surface area contributed by atoms with E-state index in [2.05, 4.69) is 88.7 Å². The van der Waals surface area contributed by atoms with Crippen LogP contribution in [0.1, 0.15) is 57.3 Å². The van der Waals surface area contributed by atoms with E-state index in [-0.39, 0.29) is 24.2 Å². The molecule has 6 nitrogen and oxygen atoms in total. The van der Waals surface area contributed by atoms with Gasteiger partial charge in [-0.1, -0.05) is 33.8 Å². The van der Waals surface area contributed by atoms with Crippen LogP contribution in [0.3, 0.4) is 0 Å². The van der Waals surface area contributed by atoms with E-state index in [0.717, 1.165) is 45.7 Å². The summed E-state index contributed by atoms with van der Waals surface area (Å²) in [5.41, 5.74) is 3.71. The molecule has 0 spiro atoms. The topological polar surface area (TPSA) is 44.2 Å². The third-order valence-corrected chi connectivity index (χ3v) is 8.13. The van der Waals surface area contributed by atoms with Gasteiger partial charge in [-0.2, -0.15) is 0 Å². The first-order valence-corrected chi connectivity index (χ1v) is 13.5. The maximum absolute atomic E-state index is 6.80. The summed E-state index contributed by atoms with van der Waals surface area (Å²) in [5, 5.41) is 0. The Morgan fingerprint density at radius 3 is 2.52 bits per heavy atom. The molecule has 4 rings (SSSR count). The van der Waals surface area contributed by atoms with Crippen molar-refractivity contribution in [2.45, 2.75) is 64.2 Å². The number of likely N-dealkylation sites (tertiary alicyclic amines) is 1. The summed E-state index contributed by atoms with van der Waals surface area (Å²) in [6.07, 6.45) is 7.37. The molecule has 0 saturated carbocycles. The van der Waals surface area contributed by atoms with Crippen molar-refractivity contribution >= 4 is 34.8 Å². The lowest BCUT2D eigenvalue weighted by Gasteiger charge is -2.40. The number of hydrogen-bond acceptors (Lipinski definition) is 6. The van der Waals surface area contributed by atoms with Gasteiger partial charge < -0.3 is 14.5 Å². The second kappa shape index (κ2) is 11.1. The Labute approximate surface area is 214 Å². The van der Waals surface area contributed by atoms with E-state index in [4.69, 9.17) is 14.7 Å². The summed E-state index contributed by atoms with van der Waals surface area (Å²) in [6.45, 7) is 15.4. The lowest BCUT2D eigenvalue weighted by molar-refractivity contribution is -0.0472. The van der Waals surface area contributed by atoms with E-state index in [1.54, 1.807) is 0 Å². The number of nitrogens with zero attached hydrogens (tertiary/aromatic N) is 5. The molecule has 0 N–H and O–H groups in total. The van der Waals surface area contributed by atoms with Crippen LogP contribution in [0.2, 0.25) is 0 Å². The Hall–Kier alpha value is -1.03. The second-order valence-corrected chi connectivity index (χ2v) is 11.8. The normalized spacial score (nSPS) is 29.4. The summed E-state index contributed by atoms with van der Waals surface area (Å²) in [7, 11) is 2.21. The van der Waals surface area contributed by atoms with Gasteiger partial charge in [-0.15, -0.1) is 0 Å². The van der Waals surface area contributed by atoms with E-state index in [0.29, 0.717) is 11.8 Å². The Balaban J connectivity index is 1.58. The standard InChI is InChI=1S/C26H40IN5O/c1-18(2)25-22(31-13-15-32(27)16-14-31)9-8-21(29-25)20-17-30(5)12-10-23(20)33-24-7-6-11-28-26(24)19(3)4/h6-9,11,18-20,23-24,26H,10,12-17H2,1-5H3. The van der Waals surface area contributed by atoms with Crippen LogP contribution in [0.4, 0.5) is 5.69 Å². The van der Waals surface area contributed by atoms with E-state index in [1.807, 2.05) is 12.3 Å². The Morgan fingerprint density at radius 1 is 1.06 bits per heavy atom. The van der Waals surface area contributed by atoms with Gasteiger partial charge in [0, 0.05) is 80.0 Å². The number of pyridine rings is 1. The Morgan fingerprint density at radius 2 is 1.82 bits per heavy atom. The number of aromatic nitrogens is 1. The average Bonchev–Trinajstić information content (AvgIpc) is 2.80. The molecule has 3 aliphatic heterocycles. The molecule has 4 heterocycles.